The Bertz CT molecular complexity index is 673. The van der Waals surface area contributed by atoms with E-state index in [2.05, 4.69) is 4.98 Å². The van der Waals surface area contributed by atoms with Crippen molar-refractivity contribution in [3.8, 4) is 21.8 Å². The molecule has 90 valence electrons. The molecule has 0 saturated carbocycles. The summed E-state index contributed by atoms with van der Waals surface area (Å²) >= 11 is 7.39. The Kier molecular flexibility index (Phi) is 2.94. The molecule has 0 fully saturated rings. The largest absolute Gasteiger partial charge is 0.354 e. The third kappa shape index (κ3) is 2.07. The van der Waals surface area contributed by atoms with Crippen molar-refractivity contribution in [1.29, 1.82) is 0 Å². The summed E-state index contributed by atoms with van der Waals surface area (Å²) in [6.45, 7) is 0. The first kappa shape index (κ1) is 11.5. The normalized spacial score (nSPS) is 10.8. The van der Waals surface area contributed by atoms with Gasteiger partial charge >= 0.3 is 0 Å². The zero-order chi connectivity index (χ0) is 12.5. The van der Waals surface area contributed by atoms with Gasteiger partial charge in [-0.05, 0) is 41.8 Å². The minimum absolute atomic E-state index is 0.318. The van der Waals surface area contributed by atoms with Gasteiger partial charge in [-0.1, -0.05) is 17.7 Å². The Morgan fingerprint density at radius 1 is 1.06 bits per heavy atom. The molecule has 0 bridgehead atoms. The molecule has 0 aliphatic heterocycles. The molecule has 0 spiro atoms. The van der Waals surface area contributed by atoms with Crippen LogP contribution in [0.2, 0.25) is 5.02 Å². The van der Waals surface area contributed by atoms with Gasteiger partial charge in [0.1, 0.15) is 5.82 Å². The van der Waals surface area contributed by atoms with Crippen molar-refractivity contribution < 1.29 is 4.39 Å². The molecule has 0 saturated heterocycles. The lowest BCUT2D eigenvalue weighted by Crippen LogP contribution is -1.84. The summed E-state index contributed by atoms with van der Waals surface area (Å²) in [5.74, 6) is -0.318. The number of thiophene rings is 1. The van der Waals surface area contributed by atoms with E-state index in [1.165, 1.54) is 6.07 Å². The van der Waals surface area contributed by atoms with Gasteiger partial charge in [-0.15, -0.1) is 11.3 Å². The van der Waals surface area contributed by atoms with E-state index < -0.39 is 0 Å². The summed E-state index contributed by atoms with van der Waals surface area (Å²) in [4.78, 5) is 4.35. The summed E-state index contributed by atoms with van der Waals surface area (Å²) in [5.41, 5.74) is 2.28. The Labute approximate surface area is 113 Å². The number of hydrogen-bond donors (Lipinski definition) is 1. The van der Waals surface area contributed by atoms with Crippen molar-refractivity contribution in [2.75, 3.05) is 0 Å². The van der Waals surface area contributed by atoms with Crippen LogP contribution in [0.3, 0.4) is 0 Å². The molecule has 0 unspecified atom stereocenters. The van der Waals surface area contributed by atoms with Gasteiger partial charge in [-0.2, -0.15) is 0 Å². The topological polar surface area (TPSA) is 15.8 Å². The predicted octanol–water partition coefficient (Wildman–Crippen LogP) is 5.20. The standard InChI is InChI=1S/C14H9ClFNS/c15-9-3-4-10(11(16)8-9)12-5-6-13(17-12)14-2-1-7-18-14/h1-8,17H. The summed E-state index contributed by atoms with van der Waals surface area (Å²) in [7, 11) is 0. The molecular formula is C14H9ClFNS. The second-order valence-corrected chi connectivity index (χ2v) is 5.27. The van der Waals surface area contributed by atoms with Crippen molar-refractivity contribution in [2.24, 2.45) is 0 Å². The number of aromatic nitrogens is 1. The quantitative estimate of drug-likeness (QED) is 0.662. The lowest BCUT2D eigenvalue weighted by Gasteiger charge is -2.01. The Morgan fingerprint density at radius 2 is 1.89 bits per heavy atom. The van der Waals surface area contributed by atoms with E-state index in [1.807, 2.05) is 29.6 Å². The average Bonchev–Trinajstić information content (AvgIpc) is 2.99. The molecule has 0 amide bonds. The molecule has 2 heterocycles. The zero-order valence-corrected chi connectivity index (χ0v) is 10.9. The van der Waals surface area contributed by atoms with Gasteiger partial charge in [0.15, 0.2) is 0 Å². The zero-order valence-electron chi connectivity index (χ0n) is 9.28. The molecule has 0 aliphatic rings. The molecule has 1 aromatic carbocycles. The first-order valence-corrected chi connectivity index (χ1v) is 6.68. The predicted molar refractivity (Wildman–Crippen MR) is 74.5 cm³/mol. The summed E-state index contributed by atoms with van der Waals surface area (Å²) < 4.78 is 13.8. The molecule has 4 heteroatoms. The average molecular weight is 278 g/mol. The second kappa shape index (κ2) is 4.59. The SMILES string of the molecule is Fc1cc(Cl)ccc1-c1ccc(-c2cccs2)[nH]1. The summed E-state index contributed by atoms with van der Waals surface area (Å²) in [6, 6.07) is 12.5. The van der Waals surface area contributed by atoms with Gasteiger partial charge in [-0.3, -0.25) is 0 Å². The van der Waals surface area contributed by atoms with Crippen molar-refractivity contribution in [2.45, 2.75) is 0 Å². The summed E-state index contributed by atoms with van der Waals surface area (Å²) in [6.07, 6.45) is 0. The Hall–Kier alpha value is -1.58. The highest BCUT2D eigenvalue weighted by Gasteiger charge is 2.09. The molecule has 1 N–H and O–H groups in total. The van der Waals surface area contributed by atoms with Crippen LogP contribution in [0.25, 0.3) is 21.8 Å². The van der Waals surface area contributed by atoms with Crippen LogP contribution in [0.15, 0.2) is 47.8 Å². The van der Waals surface area contributed by atoms with Crippen LogP contribution < -0.4 is 0 Å². The minimum Gasteiger partial charge on any atom is -0.354 e. The minimum atomic E-state index is -0.318. The van der Waals surface area contributed by atoms with E-state index in [0.717, 1.165) is 16.3 Å². The van der Waals surface area contributed by atoms with Crippen molar-refractivity contribution >= 4 is 22.9 Å². The maximum Gasteiger partial charge on any atom is 0.133 e. The van der Waals surface area contributed by atoms with Crippen LogP contribution in [-0.4, -0.2) is 4.98 Å². The third-order valence-electron chi connectivity index (χ3n) is 2.69. The highest BCUT2D eigenvalue weighted by Crippen LogP contribution is 2.29. The number of aromatic amines is 1. The lowest BCUT2D eigenvalue weighted by atomic mass is 10.1. The molecule has 0 atom stereocenters. The van der Waals surface area contributed by atoms with E-state index >= 15 is 0 Å². The molecule has 3 aromatic rings. The number of H-pyrrole nitrogens is 1. The Morgan fingerprint density at radius 3 is 2.61 bits per heavy atom. The van der Waals surface area contributed by atoms with Crippen LogP contribution in [0, 0.1) is 5.82 Å². The van der Waals surface area contributed by atoms with Crippen molar-refractivity contribution in [1.82, 2.24) is 4.98 Å². The highest BCUT2D eigenvalue weighted by molar-refractivity contribution is 7.13. The van der Waals surface area contributed by atoms with Gasteiger partial charge in [0.25, 0.3) is 0 Å². The van der Waals surface area contributed by atoms with Gasteiger partial charge < -0.3 is 4.98 Å². The fourth-order valence-electron chi connectivity index (χ4n) is 1.84. The monoisotopic (exact) mass is 277 g/mol. The molecule has 2 aromatic heterocycles. The Balaban J connectivity index is 2.03. The first-order valence-electron chi connectivity index (χ1n) is 5.42. The van der Waals surface area contributed by atoms with Crippen LogP contribution in [0.4, 0.5) is 4.39 Å². The van der Waals surface area contributed by atoms with E-state index in [1.54, 1.807) is 23.5 Å². The second-order valence-electron chi connectivity index (χ2n) is 3.89. The van der Waals surface area contributed by atoms with E-state index in [4.69, 9.17) is 11.6 Å². The number of nitrogens with one attached hydrogen (secondary N) is 1. The fourth-order valence-corrected chi connectivity index (χ4v) is 2.70. The maximum atomic E-state index is 13.8. The van der Waals surface area contributed by atoms with Crippen LogP contribution in [-0.2, 0) is 0 Å². The molecular weight excluding hydrogens is 269 g/mol. The van der Waals surface area contributed by atoms with E-state index in [9.17, 15) is 4.39 Å². The fraction of sp³-hybridized carbons (Fsp3) is 0. The maximum absolute atomic E-state index is 13.8. The van der Waals surface area contributed by atoms with Gasteiger partial charge in [0, 0.05) is 16.3 Å². The van der Waals surface area contributed by atoms with Gasteiger partial charge in [0.2, 0.25) is 0 Å². The number of rotatable bonds is 2. The van der Waals surface area contributed by atoms with E-state index in [-0.39, 0.29) is 5.82 Å². The molecule has 18 heavy (non-hydrogen) atoms. The molecule has 0 aliphatic carbocycles. The molecule has 0 radical (unpaired) electrons. The van der Waals surface area contributed by atoms with Crippen molar-refractivity contribution in [3.05, 3.63) is 58.7 Å². The third-order valence-corrected chi connectivity index (χ3v) is 3.83. The first-order chi connectivity index (χ1) is 8.74. The number of halogens is 2. The van der Waals surface area contributed by atoms with Crippen LogP contribution in [0.1, 0.15) is 0 Å². The van der Waals surface area contributed by atoms with Crippen molar-refractivity contribution in [3.63, 3.8) is 0 Å². The smallest absolute Gasteiger partial charge is 0.133 e. The van der Waals surface area contributed by atoms with Gasteiger partial charge in [0.05, 0.1) is 10.6 Å². The number of benzene rings is 1. The number of hydrogen-bond acceptors (Lipinski definition) is 1. The van der Waals surface area contributed by atoms with Crippen LogP contribution >= 0.6 is 22.9 Å². The molecule has 1 nitrogen and oxygen atoms in total. The highest BCUT2D eigenvalue weighted by atomic mass is 35.5. The van der Waals surface area contributed by atoms with E-state index in [0.29, 0.717) is 10.6 Å². The van der Waals surface area contributed by atoms with Crippen LogP contribution in [0.5, 0.6) is 0 Å². The van der Waals surface area contributed by atoms with Gasteiger partial charge in [-0.25, -0.2) is 4.39 Å². The lowest BCUT2D eigenvalue weighted by molar-refractivity contribution is 0.631. The molecule has 3 rings (SSSR count). The summed E-state index contributed by atoms with van der Waals surface area (Å²) in [5, 5.41) is 2.42.